The number of hydrogen-bond acceptors (Lipinski definition) is 5. The van der Waals surface area contributed by atoms with Gasteiger partial charge in [-0.2, -0.15) is 5.10 Å². The molecule has 0 aliphatic carbocycles. The second-order valence-electron chi connectivity index (χ2n) is 9.11. The number of nitrogens with zero attached hydrogens (tertiary/aromatic N) is 3. The number of aromatic nitrogens is 2. The van der Waals surface area contributed by atoms with Crippen LogP contribution in [0.2, 0.25) is 5.02 Å². The smallest absolute Gasteiger partial charge is 0.223 e. The van der Waals surface area contributed by atoms with Gasteiger partial charge >= 0.3 is 0 Å². The van der Waals surface area contributed by atoms with Crippen LogP contribution in [0, 0.1) is 19.8 Å². The van der Waals surface area contributed by atoms with Crippen LogP contribution in [-0.2, 0) is 20.7 Å². The number of halogens is 1. The van der Waals surface area contributed by atoms with Crippen molar-refractivity contribution in [1.29, 1.82) is 0 Å². The van der Waals surface area contributed by atoms with E-state index in [0.717, 1.165) is 17.0 Å². The third kappa shape index (κ3) is 6.10. The Morgan fingerprint density at radius 1 is 1.18 bits per heavy atom. The minimum Gasteiger partial charge on any atom is -0.490 e. The predicted octanol–water partition coefficient (Wildman–Crippen LogP) is 3.16. The van der Waals surface area contributed by atoms with Crippen LogP contribution in [0.5, 0.6) is 5.75 Å². The lowest BCUT2D eigenvalue weighted by atomic mass is 9.90. The Balaban J connectivity index is 1.42. The van der Waals surface area contributed by atoms with Crippen molar-refractivity contribution in [2.24, 2.45) is 5.92 Å². The van der Waals surface area contributed by atoms with Gasteiger partial charge in [0.05, 0.1) is 18.9 Å². The highest BCUT2D eigenvalue weighted by Crippen LogP contribution is 2.28. The van der Waals surface area contributed by atoms with Crippen molar-refractivity contribution in [3.63, 3.8) is 0 Å². The molecule has 1 aromatic heterocycles. The van der Waals surface area contributed by atoms with Gasteiger partial charge in [0.25, 0.3) is 0 Å². The van der Waals surface area contributed by atoms with E-state index < -0.39 is 0 Å². The lowest BCUT2D eigenvalue weighted by Gasteiger charge is -2.39. The monoisotopic (exact) mass is 488 g/mol. The van der Waals surface area contributed by atoms with Gasteiger partial charge in [-0.1, -0.05) is 17.7 Å². The van der Waals surface area contributed by atoms with Crippen LogP contribution in [0.1, 0.15) is 36.2 Å². The van der Waals surface area contributed by atoms with Gasteiger partial charge in [-0.15, -0.1) is 0 Å². The summed E-state index contributed by atoms with van der Waals surface area (Å²) in [4.78, 5) is 29.9. The second-order valence-corrected chi connectivity index (χ2v) is 9.55. The highest BCUT2D eigenvalue weighted by molar-refractivity contribution is 6.30. The van der Waals surface area contributed by atoms with Crippen LogP contribution in [0.3, 0.4) is 0 Å². The highest BCUT2D eigenvalue weighted by Gasteiger charge is 2.35. The summed E-state index contributed by atoms with van der Waals surface area (Å²) in [5.74, 6) is 0.786. The van der Waals surface area contributed by atoms with Crippen molar-refractivity contribution in [2.75, 3.05) is 39.4 Å². The Hall–Kier alpha value is -2.58. The summed E-state index contributed by atoms with van der Waals surface area (Å²) < 4.78 is 11.7. The van der Waals surface area contributed by atoms with Crippen molar-refractivity contribution in [1.82, 2.24) is 20.0 Å². The van der Waals surface area contributed by atoms with Crippen molar-refractivity contribution < 1.29 is 19.1 Å². The molecular formula is C25H33ClN4O4. The zero-order valence-electron chi connectivity index (χ0n) is 19.9. The summed E-state index contributed by atoms with van der Waals surface area (Å²) in [5.41, 5.74) is 3.05. The number of carbonyl (C=O) groups excluding carboxylic acids is 2. The fourth-order valence-electron chi connectivity index (χ4n) is 4.80. The quantitative estimate of drug-likeness (QED) is 0.646. The number of nitrogens with one attached hydrogen (secondary N) is 1. The maximum Gasteiger partial charge on any atom is 0.223 e. The molecule has 3 heterocycles. The Labute approximate surface area is 205 Å². The number of carbonyl (C=O) groups is 2. The summed E-state index contributed by atoms with van der Waals surface area (Å²) >= 11 is 6.14. The number of rotatable bonds is 7. The van der Waals surface area contributed by atoms with Gasteiger partial charge in [0.2, 0.25) is 11.8 Å². The number of amides is 2. The lowest BCUT2D eigenvalue weighted by Crippen LogP contribution is -2.50. The van der Waals surface area contributed by atoms with E-state index in [0.29, 0.717) is 75.8 Å². The predicted molar refractivity (Wildman–Crippen MR) is 129 cm³/mol. The Kier molecular flexibility index (Phi) is 8.11. The van der Waals surface area contributed by atoms with Crippen molar-refractivity contribution in [3.8, 4) is 5.75 Å². The molecular weight excluding hydrogens is 456 g/mol. The first kappa shape index (κ1) is 24.5. The third-order valence-electron chi connectivity index (χ3n) is 6.77. The van der Waals surface area contributed by atoms with Crippen LogP contribution < -0.4 is 4.74 Å². The van der Waals surface area contributed by atoms with Gasteiger partial charge < -0.3 is 19.3 Å². The topological polar surface area (TPSA) is 87.8 Å². The molecule has 9 heteroatoms. The number of ether oxygens (including phenoxy) is 2. The Bertz CT molecular complexity index is 985. The van der Waals surface area contributed by atoms with Gasteiger partial charge in [0, 0.05) is 62.1 Å². The highest BCUT2D eigenvalue weighted by atomic mass is 35.5. The normalized spacial score (nSPS) is 20.9. The van der Waals surface area contributed by atoms with E-state index >= 15 is 0 Å². The number of likely N-dealkylation sites (tertiary alicyclic amines) is 1. The maximum atomic E-state index is 13.1. The van der Waals surface area contributed by atoms with Gasteiger partial charge in [-0.05, 0) is 44.0 Å². The molecule has 0 bridgehead atoms. The molecule has 2 amide bonds. The average Bonchev–Trinajstić information content (AvgIpc) is 3.16. The summed E-state index contributed by atoms with van der Waals surface area (Å²) in [6, 6.07) is 7.32. The molecule has 2 aliphatic heterocycles. The van der Waals surface area contributed by atoms with Crippen molar-refractivity contribution >= 4 is 23.4 Å². The standard InChI is InChI=1S/C25H33ClN4O4/c1-17-22(18(2)28-27-17)6-7-24(31)30-9-8-23(34-21-5-3-4-20(26)15-21)19(16-30)14-25(32)29-10-12-33-13-11-29/h3-5,15,19,23H,6-14,16H2,1-2H3,(H,27,28)/t19-,23-/m0/s1. The molecule has 1 N–H and O–H groups in total. The zero-order valence-corrected chi connectivity index (χ0v) is 20.6. The van der Waals surface area contributed by atoms with E-state index in [1.165, 1.54) is 0 Å². The van der Waals surface area contributed by atoms with E-state index in [1.54, 1.807) is 12.1 Å². The largest absolute Gasteiger partial charge is 0.490 e. The van der Waals surface area contributed by atoms with E-state index in [9.17, 15) is 9.59 Å². The molecule has 2 atom stereocenters. The number of aromatic amines is 1. The first-order chi connectivity index (χ1) is 16.4. The maximum absolute atomic E-state index is 13.1. The molecule has 34 heavy (non-hydrogen) atoms. The van der Waals surface area contributed by atoms with Gasteiger partial charge in [0.15, 0.2) is 0 Å². The Morgan fingerprint density at radius 2 is 1.97 bits per heavy atom. The van der Waals surface area contributed by atoms with E-state index in [1.807, 2.05) is 35.8 Å². The first-order valence-corrected chi connectivity index (χ1v) is 12.3. The van der Waals surface area contributed by atoms with E-state index in [2.05, 4.69) is 10.2 Å². The molecule has 2 aromatic rings. The Morgan fingerprint density at radius 3 is 2.68 bits per heavy atom. The molecule has 0 saturated carbocycles. The first-order valence-electron chi connectivity index (χ1n) is 12.0. The molecule has 2 aliphatic rings. The number of hydrogen-bond donors (Lipinski definition) is 1. The molecule has 0 unspecified atom stereocenters. The van der Waals surface area contributed by atoms with E-state index in [-0.39, 0.29) is 23.8 Å². The fraction of sp³-hybridized carbons (Fsp3) is 0.560. The number of morpholine rings is 1. The molecule has 1 aromatic carbocycles. The minimum atomic E-state index is -0.161. The molecule has 4 rings (SSSR count). The van der Waals surface area contributed by atoms with Crippen molar-refractivity contribution in [3.05, 3.63) is 46.2 Å². The van der Waals surface area contributed by atoms with Crippen LogP contribution in [0.4, 0.5) is 0 Å². The van der Waals surface area contributed by atoms with Gasteiger partial charge in [-0.3, -0.25) is 14.7 Å². The van der Waals surface area contributed by atoms with Crippen LogP contribution in [0.25, 0.3) is 0 Å². The summed E-state index contributed by atoms with van der Waals surface area (Å²) in [7, 11) is 0. The second kappa shape index (κ2) is 11.2. The summed E-state index contributed by atoms with van der Waals surface area (Å²) in [5, 5.41) is 7.81. The van der Waals surface area contributed by atoms with Crippen LogP contribution >= 0.6 is 11.6 Å². The SMILES string of the molecule is Cc1n[nH]c(C)c1CCC(=O)N1CC[C@H](Oc2cccc(Cl)c2)[C@@H](CC(=O)N2CCOCC2)C1. The molecule has 2 fully saturated rings. The number of H-pyrrole nitrogens is 1. The molecule has 8 nitrogen and oxygen atoms in total. The minimum absolute atomic E-state index is 0.0898. The number of aryl methyl sites for hydroxylation is 2. The fourth-order valence-corrected chi connectivity index (χ4v) is 4.98. The third-order valence-corrected chi connectivity index (χ3v) is 7.01. The van der Waals surface area contributed by atoms with Gasteiger partial charge in [-0.25, -0.2) is 0 Å². The lowest BCUT2D eigenvalue weighted by molar-refractivity contribution is -0.141. The van der Waals surface area contributed by atoms with Crippen molar-refractivity contribution in [2.45, 2.75) is 45.6 Å². The van der Waals surface area contributed by atoms with E-state index in [4.69, 9.17) is 21.1 Å². The molecule has 0 spiro atoms. The molecule has 0 radical (unpaired) electrons. The number of piperidine rings is 1. The average molecular weight is 489 g/mol. The van der Waals surface area contributed by atoms with Gasteiger partial charge in [0.1, 0.15) is 11.9 Å². The van der Waals surface area contributed by atoms with Crippen LogP contribution in [0.15, 0.2) is 24.3 Å². The number of benzene rings is 1. The molecule has 184 valence electrons. The molecule has 2 saturated heterocycles. The summed E-state index contributed by atoms with van der Waals surface area (Å²) in [6.07, 6.45) is 1.93. The van der Waals surface area contributed by atoms with Crippen LogP contribution in [-0.4, -0.2) is 77.3 Å². The summed E-state index contributed by atoms with van der Waals surface area (Å²) in [6.45, 7) is 7.39. The zero-order chi connectivity index (χ0) is 24.1.